The second kappa shape index (κ2) is 9.22. The number of halogens is 1. The Morgan fingerprint density at radius 3 is 2.82 bits per heavy atom. The van der Waals surface area contributed by atoms with Crippen LogP contribution >= 0.6 is 0 Å². The highest BCUT2D eigenvalue weighted by Crippen LogP contribution is 2.25. The summed E-state index contributed by atoms with van der Waals surface area (Å²) in [7, 11) is 1.32. The molecule has 34 heavy (non-hydrogen) atoms. The van der Waals surface area contributed by atoms with E-state index in [1.807, 2.05) is 30.3 Å². The van der Waals surface area contributed by atoms with E-state index in [0.29, 0.717) is 34.7 Å². The largest absolute Gasteiger partial charge is 0.469 e. The molecule has 0 aliphatic heterocycles. The summed E-state index contributed by atoms with van der Waals surface area (Å²) in [5.74, 6) is -0.784. The van der Waals surface area contributed by atoms with Gasteiger partial charge in [0.05, 0.1) is 37.0 Å². The van der Waals surface area contributed by atoms with Gasteiger partial charge in [-0.1, -0.05) is 23.4 Å². The number of anilines is 1. The summed E-state index contributed by atoms with van der Waals surface area (Å²) in [5.41, 5.74) is 4.80. The average molecular weight is 456 g/mol. The first-order valence-corrected chi connectivity index (χ1v) is 10.8. The van der Waals surface area contributed by atoms with Crippen LogP contribution in [0.15, 0.2) is 66.9 Å². The van der Waals surface area contributed by atoms with Gasteiger partial charge in [0.1, 0.15) is 11.3 Å². The minimum Gasteiger partial charge on any atom is -0.469 e. The van der Waals surface area contributed by atoms with Gasteiger partial charge in [0.15, 0.2) is 5.65 Å². The lowest BCUT2D eigenvalue weighted by atomic mass is 10.1. The molecule has 0 bridgehead atoms. The quantitative estimate of drug-likeness (QED) is 0.367. The molecule has 0 amide bonds. The molecule has 3 heterocycles. The van der Waals surface area contributed by atoms with Gasteiger partial charge in [0, 0.05) is 23.7 Å². The third-order valence-electron chi connectivity index (χ3n) is 5.50. The van der Waals surface area contributed by atoms with Crippen molar-refractivity contribution in [2.75, 3.05) is 19.0 Å². The van der Waals surface area contributed by atoms with Crippen molar-refractivity contribution >= 4 is 33.7 Å². The summed E-state index contributed by atoms with van der Waals surface area (Å²) in [6, 6.07) is 18.4. The molecule has 0 aliphatic rings. The maximum atomic E-state index is 14.6. The molecule has 0 radical (unpaired) electrons. The Morgan fingerprint density at radius 1 is 1.09 bits per heavy atom. The number of nitrogens with one attached hydrogen (secondary N) is 1. The SMILES string of the molecule is COC(=O)CCNc1ccc(-c2ccc3nnn(Cc4ccc5ncccc5c4)c3n2)cc1F. The maximum absolute atomic E-state index is 14.6. The monoisotopic (exact) mass is 456 g/mol. The molecule has 0 aliphatic carbocycles. The Balaban J connectivity index is 1.39. The fourth-order valence-electron chi connectivity index (χ4n) is 3.74. The summed E-state index contributed by atoms with van der Waals surface area (Å²) < 4.78 is 21.0. The molecule has 5 aromatic rings. The Labute approximate surface area is 194 Å². The van der Waals surface area contributed by atoms with Crippen LogP contribution in [0.3, 0.4) is 0 Å². The van der Waals surface area contributed by atoms with Gasteiger partial charge in [-0.2, -0.15) is 0 Å². The van der Waals surface area contributed by atoms with Gasteiger partial charge in [-0.05, 0) is 48.0 Å². The minimum absolute atomic E-state index is 0.153. The molecule has 2 aromatic carbocycles. The molecular formula is C25H21FN6O2. The minimum atomic E-state index is -0.430. The van der Waals surface area contributed by atoms with Crippen molar-refractivity contribution in [3.63, 3.8) is 0 Å². The highest BCUT2D eigenvalue weighted by Gasteiger charge is 2.12. The van der Waals surface area contributed by atoms with Crippen LogP contribution in [0.25, 0.3) is 33.3 Å². The highest BCUT2D eigenvalue weighted by molar-refractivity contribution is 5.79. The first-order chi connectivity index (χ1) is 16.6. The summed E-state index contributed by atoms with van der Waals surface area (Å²) in [5, 5.41) is 12.4. The van der Waals surface area contributed by atoms with E-state index in [4.69, 9.17) is 4.98 Å². The van der Waals surface area contributed by atoms with Crippen molar-refractivity contribution in [1.82, 2.24) is 25.0 Å². The normalized spacial score (nSPS) is 11.1. The van der Waals surface area contributed by atoms with Gasteiger partial charge in [-0.15, -0.1) is 5.10 Å². The van der Waals surface area contributed by atoms with Gasteiger partial charge >= 0.3 is 5.97 Å². The molecule has 0 spiro atoms. The van der Waals surface area contributed by atoms with Crippen LogP contribution in [0.5, 0.6) is 0 Å². The molecule has 0 unspecified atom stereocenters. The van der Waals surface area contributed by atoms with Gasteiger partial charge in [-0.25, -0.2) is 14.1 Å². The maximum Gasteiger partial charge on any atom is 0.307 e. The highest BCUT2D eigenvalue weighted by atomic mass is 19.1. The fraction of sp³-hybridized carbons (Fsp3) is 0.160. The molecule has 9 heteroatoms. The molecule has 1 N–H and O–H groups in total. The molecule has 5 rings (SSSR count). The smallest absolute Gasteiger partial charge is 0.307 e. The Bertz CT molecular complexity index is 1500. The number of hydrogen-bond acceptors (Lipinski definition) is 7. The summed E-state index contributed by atoms with van der Waals surface area (Å²) in [6.45, 7) is 0.776. The zero-order valence-corrected chi connectivity index (χ0v) is 18.4. The van der Waals surface area contributed by atoms with Crippen LogP contribution in [0.1, 0.15) is 12.0 Å². The molecule has 3 aromatic heterocycles. The van der Waals surface area contributed by atoms with E-state index in [9.17, 15) is 9.18 Å². The number of carbonyl (C=O) groups is 1. The number of esters is 1. The Kier molecular flexibility index (Phi) is 5.82. The topological polar surface area (TPSA) is 94.8 Å². The molecule has 0 fully saturated rings. The standard InChI is InChI=1S/C25H21FN6O2/c1-34-24(33)10-12-28-22-7-5-18(14-19(22)26)21-8-9-23-25(29-21)32(31-30-23)15-16-4-6-20-17(13-16)3-2-11-27-20/h2-9,11,13-14,28H,10,12,15H2,1H3. The van der Waals surface area contributed by atoms with E-state index in [1.165, 1.54) is 13.2 Å². The Hall–Kier alpha value is -4.40. The predicted octanol–water partition coefficient (Wildman–Crippen LogP) is 4.20. The van der Waals surface area contributed by atoms with Gasteiger partial charge in [0.25, 0.3) is 0 Å². The van der Waals surface area contributed by atoms with E-state index in [0.717, 1.165) is 16.5 Å². The van der Waals surface area contributed by atoms with Crippen molar-refractivity contribution in [2.24, 2.45) is 0 Å². The summed E-state index contributed by atoms with van der Waals surface area (Å²) in [4.78, 5) is 20.3. The second-order valence-electron chi connectivity index (χ2n) is 7.76. The van der Waals surface area contributed by atoms with Gasteiger partial charge in [-0.3, -0.25) is 9.78 Å². The zero-order valence-electron chi connectivity index (χ0n) is 18.4. The van der Waals surface area contributed by atoms with E-state index in [1.54, 1.807) is 29.1 Å². The van der Waals surface area contributed by atoms with Gasteiger partial charge < -0.3 is 10.1 Å². The lowest BCUT2D eigenvalue weighted by molar-refractivity contribution is -0.140. The number of methoxy groups -OCH3 is 1. The molecule has 0 saturated heterocycles. The molecule has 170 valence electrons. The number of aromatic nitrogens is 5. The lowest BCUT2D eigenvalue weighted by Gasteiger charge is -2.09. The summed E-state index contributed by atoms with van der Waals surface area (Å²) in [6.07, 6.45) is 1.92. The van der Waals surface area contributed by atoms with E-state index in [2.05, 4.69) is 31.4 Å². The number of hydrogen-bond donors (Lipinski definition) is 1. The number of benzene rings is 2. The van der Waals surface area contributed by atoms with Crippen LogP contribution in [-0.2, 0) is 16.1 Å². The van der Waals surface area contributed by atoms with Crippen molar-refractivity contribution in [3.05, 3.63) is 78.2 Å². The first-order valence-electron chi connectivity index (χ1n) is 10.8. The fourth-order valence-corrected chi connectivity index (χ4v) is 3.74. The van der Waals surface area contributed by atoms with Crippen LogP contribution in [0.2, 0.25) is 0 Å². The van der Waals surface area contributed by atoms with Crippen molar-refractivity contribution in [2.45, 2.75) is 13.0 Å². The molecular weight excluding hydrogens is 435 g/mol. The van der Waals surface area contributed by atoms with E-state index < -0.39 is 5.82 Å². The number of rotatable bonds is 7. The third kappa shape index (κ3) is 4.40. The van der Waals surface area contributed by atoms with Gasteiger partial charge in [0.2, 0.25) is 0 Å². The number of ether oxygens (including phenoxy) is 1. The van der Waals surface area contributed by atoms with E-state index >= 15 is 0 Å². The lowest BCUT2D eigenvalue weighted by Crippen LogP contribution is -2.10. The zero-order chi connectivity index (χ0) is 23.5. The molecule has 8 nitrogen and oxygen atoms in total. The first kappa shape index (κ1) is 21.4. The van der Waals surface area contributed by atoms with Crippen molar-refractivity contribution in [3.8, 4) is 11.3 Å². The third-order valence-corrected chi connectivity index (χ3v) is 5.50. The van der Waals surface area contributed by atoms with Crippen molar-refractivity contribution < 1.29 is 13.9 Å². The number of nitrogens with zero attached hydrogens (tertiary/aromatic N) is 5. The molecule has 0 saturated carbocycles. The number of carbonyl (C=O) groups excluding carboxylic acids is 1. The molecule has 0 atom stereocenters. The average Bonchev–Trinajstić information content (AvgIpc) is 3.26. The predicted molar refractivity (Wildman–Crippen MR) is 127 cm³/mol. The van der Waals surface area contributed by atoms with Crippen LogP contribution in [0.4, 0.5) is 10.1 Å². The van der Waals surface area contributed by atoms with Crippen LogP contribution < -0.4 is 5.32 Å². The van der Waals surface area contributed by atoms with Crippen LogP contribution in [0, 0.1) is 5.82 Å². The summed E-state index contributed by atoms with van der Waals surface area (Å²) >= 11 is 0. The van der Waals surface area contributed by atoms with Crippen molar-refractivity contribution in [1.29, 1.82) is 0 Å². The van der Waals surface area contributed by atoms with E-state index in [-0.39, 0.29) is 18.9 Å². The number of fused-ring (bicyclic) bond motifs is 2. The van der Waals surface area contributed by atoms with Crippen LogP contribution in [-0.4, -0.2) is 44.6 Å². The Morgan fingerprint density at radius 2 is 1.97 bits per heavy atom. The number of pyridine rings is 2. The second-order valence-corrected chi connectivity index (χ2v) is 7.76.